The molecule has 5 nitrogen and oxygen atoms in total. The van der Waals surface area contributed by atoms with Gasteiger partial charge >= 0.3 is 0 Å². The van der Waals surface area contributed by atoms with E-state index in [1.807, 2.05) is 12.1 Å². The van der Waals surface area contributed by atoms with Crippen LogP contribution in [0.1, 0.15) is 12.0 Å². The summed E-state index contributed by atoms with van der Waals surface area (Å²) in [5.74, 6) is 1.29. The first-order chi connectivity index (χ1) is 11.2. The van der Waals surface area contributed by atoms with Crippen LogP contribution >= 0.6 is 23.2 Å². The van der Waals surface area contributed by atoms with Crippen molar-refractivity contribution in [1.82, 2.24) is 15.3 Å². The number of nitrogens with zero attached hydrogens (tertiary/aromatic N) is 3. The predicted octanol–water partition coefficient (Wildman–Crippen LogP) is 3.16. The van der Waals surface area contributed by atoms with Gasteiger partial charge in [0.25, 0.3) is 0 Å². The summed E-state index contributed by atoms with van der Waals surface area (Å²) in [5.41, 5.74) is 1.05. The van der Waals surface area contributed by atoms with Crippen LogP contribution in [0.25, 0.3) is 0 Å². The maximum Gasteiger partial charge on any atom is 0.228 e. The maximum atomic E-state index is 6.20. The van der Waals surface area contributed by atoms with Crippen molar-refractivity contribution >= 4 is 29.2 Å². The number of rotatable bonds is 5. The summed E-state index contributed by atoms with van der Waals surface area (Å²) >= 11 is 12.1. The number of hydrogen-bond acceptors (Lipinski definition) is 5. The summed E-state index contributed by atoms with van der Waals surface area (Å²) in [4.78, 5) is 10.9. The molecule has 2 aromatic rings. The lowest BCUT2D eigenvalue weighted by Crippen LogP contribution is -2.32. The predicted molar refractivity (Wildman–Crippen MR) is 92.5 cm³/mol. The fourth-order valence-corrected chi connectivity index (χ4v) is 3.10. The lowest BCUT2D eigenvalue weighted by Gasteiger charge is -2.17. The van der Waals surface area contributed by atoms with Crippen LogP contribution in [0.2, 0.25) is 10.0 Å². The minimum absolute atomic E-state index is 0.372. The smallest absolute Gasteiger partial charge is 0.228 e. The van der Waals surface area contributed by atoms with Crippen molar-refractivity contribution in [3.63, 3.8) is 0 Å². The van der Waals surface area contributed by atoms with E-state index in [1.54, 1.807) is 25.4 Å². The third kappa shape index (κ3) is 4.05. The Hall–Kier alpha value is -1.56. The highest BCUT2D eigenvalue weighted by molar-refractivity contribution is 6.35. The minimum Gasteiger partial charge on any atom is -0.481 e. The number of nitrogens with one attached hydrogen (secondary N) is 1. The van der Waals surface area contributed by atoms with Crippen molar-refractivity contribution in [3.05, 3.63) is 46.1 Å². The number of aromatic nitrogens is 2. The minimum atomic E-state index is 0.372. The number of hydrogen-bond donors (Lipinski definition) is 1. The molecule has 0 aliphatic carbocycles. The van der Waals surface area contributed by atoms with Gasteiger partial charge in [0.15, 0.2) is 0 Å². The maximum absolute atomic E-state index is 6.20. The molecule has 0 amide bonds. The van der Waals surface area contributed by atoms with Gasteiger partial charge in [-0.25, -0.2) is 4.98 Å². The van der Waals surface area contributed by atoms with Gasteiger partial charge in [0.2, 0.25) is 11.8 Å². The molecular formula is C16H18Cl2N4O. The zero-order chi connectivity index (χ0) is 16.2. The van der Waals surface area contributed by atoms with Crippen molar-refractivity contribution < 1.29 is 4.74 Å². The zero-order valence-corrected chi connectivity index (χ0v) is 14.3. The van der Waals surface area contributed by atoms with Gasteiger partial charge in [-0.1, -0.05) is 29.3 Å². The SMILES string of the molecule is COc1ccnc(N2CCC(NCc3ccc(Cl)cc3Cl)C2)n1. The van der Waals surface area contributed by atoms with E-state index in [2.05, 4.69) is 20.2 Å². The van der Waals surface area contributed by atoms with Crippen LogP contribution < -0.4 is 15.0 Å². The molecule has 0 saturated carbocycles. The van der Waals surface area contributed by atoms with E-state index in [-0.39, 0.29) is 0 Å². The molecule has 0 bridgehead atoms. The number of anilines is 1. The molecule has 122 valence electrons. The molecule has 0 radical (unpaired) electrons. The molecule has 1 saturated heterocycles. The van der Waals surface area contributed by atoms with E-state index in [0.717, 1.165) is 25.1 Å². The normalized spacial score (nSPS) is 17.5. The van der Waals surface area contributed by atoms with Gasteiger partial charge in [-0.3, -0.25) is 0 Å². The van der Waals surface area contributed by atoms with Crippen LogP contribution in [0.3, 0.4) is 0 Å². The second kappa shape index (κ2) is 7.34. The van der Waals surface area contributed by atoms with E-state index >= 15 is 0 Å². The van der Waals surface area contributed by atoms with Crippen molar-refractivity contribution in [3.8, 4) is 5.88 Å². The first kappa shape index (κ1) is 16.3. The topological polar surface area (TPSA) is 50.3 Å². The highest BCUT2D eigenvalue weighted by Gasteiger charge is 2.24. The van der Waals surface area contributed by atoms with Gasteiger partial charge in [0, 0.05) is 48.0 Å². The molecule has 1 aromatic heterocycles. The molecule has 1 N–H and O–H groups in total. The Kier molecular flexibility index (Phi) is 5.20. The Morgan fingerprint density at radius 3 is 3.00 bits per heavy atom. The summed E-state index contributed by atoms with van der Waals surface area (Å²) in [6.45, 7) is 2.49. The fraction of sp³-hybridized carbons (Fsp3) is 0.375. The van der Waals surface area contributed by atoms with Crippen LogP contribution in [-0.2, 0) is 6.54 Å². The third-order valence-corrected chi connectivity index (χ3v) is 4.48. The van der Waals surface area contributed by atoms with Gasteiger partial charge in [-0.15, -0.1) is 0 Å². The van der Waals surface area contributed by atoms with Gasteiger partial charge in [0.05, 0.1) is 7.11 Å². The molecule has 2 heterocycles. The van der Waals surface area contributed by atoms with E-state index in [1.165, 1.54) is 0 Å². The number of halogens is 2. The highest BCUT2D eigenvalue weighted by Crippen LogP contribution is 2.22. The summed E-state index contributed by atoms with van der Waals surface area (Å²) < 4.78 is 5.15. The zero-order valence-electron chi connectivity index (χ0n) is 12.8. The van der Waals surface area contributed by atoms with Crippen molar-refractivity contribution in [2.24, 2.45) is 0 Å². The highest BCUT2D eigenvalue weighted by atomic mass is 35.5. The van der Waals surface area contributed by atoms with Crippen LogP contribution in [0.5, 0.6) is 5.88 Å². The molecule has 1 aliphatic heterocycles. The molecule has 1 fully saturated rings. The van der Waals surface area contributed by atoms with Crippen LogP contribution in [0, 0.1) is 0 Å². The second-order valence-corrected chi connectivity index (χ2v) is 6.29. The number of benzene rings is 1. The van der Waals surface area contributed by atoms with Gasteiger partial charge in [-0.2, -0.15) is 4.98 Å². The summed E-state index contributed by atoms with van der Waals surface area (Å²) in [6, 6.07) is 7.70. The number of methoxy groups -OCH3 is 1. The first-order valence-corrected chi connectivity index (χ1v) is 8.20. The van der Waals surface area contributed by atoms with Gasteiger partial charge in [0.1, 0.15) is 0 Å². The van der Waals surface area contributed by atoms with Gasteiger partial charge in [-0.05, 0) is 24.1 Å². The average Bonchev–Trinajstić information content (AvgIpc) is 3.03. The van der Waals surface area contributed by atoms with Crippen LogP contribution in [-0.4, -0.2) is 36.2 Å². The summed E-state index contributed by atoms with van der Waals surface area (Å²) in [5, 5.41) is 4.87. The first-order valence-electron chi connectivity index (χ1n) is 7.45. The summed E-state index contributed by atoms with van der Waals surface area (Å²) in [6.07, 6.45) is 2.75. The fourth-order valence-electron chi connectivity index (χ4n) is 2.63. The van der Waals surface area contributed by atoms with Crippen molar-refractivity contribution in [2.75, 3.05) is 25.1 Å². The molecule has 1 aromatic carbocycles. The van der Waals surface area contributed by atoms with E-state index in [0.29, 0.717) is 34.5 Å². The molecular weight excluding hydrogens is 335 g/mol. The molecule has 3 rings (SSSR count). The molecule has 0 spiro atoms. The Bertz CT molecular complexity index is 683. The number of ether oxygens (including phenoxy) is 1. The molecule has 1 aliphatic rings. The summed E-state index contributed by atoms with van der Waals surface area (Å²) in [7, 11) is 1.61. The molecule has 1 atom stereocenters. The Balaban J connectivity index is 1.57. The largest absolute Gasteiger partial charge is 0.481 e. The van der Waals surface area contributed by atoms with Crippen molar-refractivity contribution in [2.45, 2.75) is 19.0 Å². The van der Waals surface area contributed by atoms with Crippen LogP contribution in [0.4, 0.5) is 5.95 Å². The Labute approximate surface area is 145 Å². The standard InChI is InChI=1S/C16H18Cl2N4O/c1-23-15-4-6-19-16(21-15)22-7-5-13(10-22)20-9-11-2-3-12(17)8-14(11)18/h2-4,6,8,13,20H,5,7,9-10H2,1H3. The van der Waals surface area contributed by atoms with Crippen molar-refractivity contribution in [1.29, 1.82) is 0 Å². The average molecular weight is 353 g/mol. The lowest BCUT2D eigenvalue weighted by atomic mass is 10.2. The molecule has 23 heavy (non-hydrogen) atoms. The Morgan fingerprint density at radius 2 is 2.22 bits per heavy atom. The van der Waals surface area contributed by atoms with Gasteiger partial charge < -0.3 is 15.0 Å². The lowest BCUT2D eigenvalue weighted by molar-refractivity contribution is 0.397. The Morgan fingerprint density at radius 1 is 1.35 bits per heavy atom. The van der Waals surface area contributed by atoms with E-state index in [4.69, 9.17) is 27.9 Å². The third-order valence-electron chi connectivity index (χ3n) is 3.89. The molecule has 1 unspecified atom stereocenters. The molecule has 7 heteroatoms. The van der Waals surface area contributed by atoms with Crippen LogP contribution in [0.15, 0.2) is 30.5 Å². The van der Waals surface area contributed by atoms with E-state index < -0.39 is 0 Å². The van der Waals surface area contributed by atoms with E-state index in [9.17, 15) is 0 Å². The monoisotopic (exact) mass is 352 g/mol. The quantitative estimate of drug-likeness (QED) is 0.895. The second-order valence-electron chi connectivity index (χ2n) is 5.45.